The molecule has 1 atom stereocenters. The van der Waals surface area contributed by atoms with Crippen molar-refractivity contribution in [1.29, 1.82) is 0 Å². The molecule has 0 saturated heterocycles. The third-order valence-corrected chi connectivity index (χ3v) is 7.13. The van der Waals surface area contributed by atoms with E-state index >= 15 is 0 Å². The summed E-state index contributed by atoms with van der Waals surface area (Å²) in [4.78, 5) is 26.6. The minimum atomic E-state index is -4.02. The van der Waals surface area contributed by atoms with Crippen molar-refractivity contribution in [1.82, 2.24) is 4.72 Å². The quantitative estimate of drug-likeness (QED) is 0.576. The Morgan fingerprint density at radius 1 is 1.18 bits per heavy atom. The minimum absolute atomic E-state index is 0.0166. The third-order valence-electron chi connectivity index (χ3n) is 5.37. The molecular weight excluding hydrogens is 469 g/mol. The maximum Gasteiger partial charge on any atom is 0.242 e. The molecule has 1 aliphatic heterocycles. The number of sulfonamides is 1. The smallest absolute Gasteiger partial charge is 0.242 e. The van der Waals surface area contributed by atoms with E-state index in [2.05, 4.69) is 10.0 Å². The van der Waals surface area contributed by atoms with E-state index in [0.717, 1.165) is 11.6 Å². The zero-order valence-electron chi connectivity index (χ0n) is 18.7. The number of benzene rings is 2. The molecule has 0 radical (unpaired) electrons. The number of carbonyl (C=O) groups is 2. The second kappa shape index (κ2) is 10.2. The van der Waals surface area contributed by atoms with Crippen LogP contribution in [0, 0.1) is 11.7 Å². The lowest BCUT2D eigenvalue weighted by Gasteiger charge is -2.21. The van der Waals surface area contributed by atoms with Crippen molar-refractivity contribution < 1.29 is 22.4 Å². The fourth-order valence-corrected chi connectivity index (χ4v) is 5.17. The summed E-state index contributed by atoms with van der Waals surface area (Å²) in [7, 11) is -4.02. The van der Waals surface area contributed by atoms with Crippen LogP contribution in [0.3, 0.4) is 0 Å². The number of nitrogens with one attached hydrogen (secondary N) is 2. The molecule has 0 fully saturated rings. The number of fused-ring (bicyclic) bond motifs is 1. The number of carbonyl (C=O) groups excluding carboxylic acids is 2. The predicted octanol–water partition coefficient (Wildman–Crippen LogP) is 4.11. The molecule has 0 bridgehead atoms. The molecule has 7 nitrogen and oxygen atoms in total. The van der Waals surface area contributed by atoms with Crippen molar-refractivity contribution in [3.8, 4) is 0 Å². The van der Waals surface area contributed by atoms with Crippen LogP contribution in [0.15, 0.2) is 41.3 Å². The molecule has 0 unspecified atom stereocenters. The lowest BCUT2D eigenvalue weighted by Crippen LogP contribution is -2.44. The Balaban J connectivity index is 1.81. The van der Waals surface area contributed by atoms with E-state index < -0.39 is 27.8 Å². The van der Waals surface area contributed by atoms with Crippen LogP contribution in [0.2, 0.25) is 5.02 Å². The van der Waals surface area contributed by atoms with Crippen molar-refractivity contribution >= 4 is 44.8 Å². The summed E-state index contributed by atoms with van der Waals surface area (Å²) in [5.74, 6) is -1.19. The molecule has 0 saturated carbocycles. The van der Waals surface area contributed by atoms with E-state index in [4.69, 9.17) is 11.6 Å². The lowest BCUT2D eigenvalue weighted by molar-refractivity contribution is -0.118. The molecule has 2 aromatic carbocycles. The summed E-state index contributed by atoms with van der Waals surface area (Å²) in [5, 5.41) is 2.44. The van der Waals surface area contributed by atoms with Gasteiger partial charge >= 0.3 is 0 Å². The van der Waals surface area contributed by atoms with Gasteiger partial charge in [-0.3, -0.25) is 9.59 Å². The highest BCUT2D eigenvalue weighted by atomic mass is 35.5. The van der Waals surface area contributed by atoms with E-state index in [9.17, 15) is 22.4 Å². The van der Waals surface area contributed by atoms with Gasteiger partial charge in [0.2, 0.25) is 21.8 Å². The van der Waals surface area contributed by atoms with Gasteiger partial charge in [-0.25, -0.2) is 12.8 Å². The van der Waals surface area contributed by atoms with Crippen LogP contribution >= 0.6 is 11.6 Å². The SMILES string of the molecule is CCC(=O)N1CCc2cc(S(=O)(=O)N[C@@H](CC(C)C)C(=O)Nc3ccc(F)c(Cl)c3)ccc21. The van der Waals surface area contributed by atoms with Gasteiger partial charge in [-0.2, -0.15) is 4.72 Å². The maximum atomic E-state index is 13.4. The zero-order chi connectivity index (χ0) is 24.3. The van der Waals surface area contributed by atoms with E-state index in [-0.39, 0.29) is 33.9 Å². The summed E-state index contributed by atoms with van der Waals surface area (Å²) in [6.07, 6.45) is 1.18. The van der Waals surface area contributed by atoms with Crippen LogP contribution in [-0.2, 0) is 26.0 Å². The monoisotopic (exact) mass is 495 g/mol. The van der Waals surface area contributed by atoms with Gasteiger partial charge < -0.3 is 10.2 Å². The van der Waals surface area contributed by atoms with Gasteiger partial charge in [0.25, 0.3) is 0 Å². The van der Waals surface area contributed by atoms with Gasteiger partial charge in [-0.1, -0.05) is 32.4 Å². The summed E-state index contributed by atoms with van der Waals surface area (Å²) in [6, 6.07) is 7.30. The Hall–Kier alpha value is -2.49. The highest BCUT2D eigenvalue weighted by molar-refractivity contribution is 7.89. The van der Waals surface area contributed by atoms with Gasteiger partial charge in [0.1, 0.15) is 11.9 Å². The highest BCUT2D eigenvalue weighted by Gasteiger charge is 2.29. The van der Waals surface area contributed by atoms with E-state index in [0.29, 0.717) is 25.1 Å². The lowest BCUT2D eigenvalue weighted by atomic mass is 10.0. The number of anilines is 2. The predicted molar refractivity (Wildman–Crippen MR) is 126 cm³/mol. The first-order chi connectivity index (χ1) is 15.5. The van der Waals surface area contributed by atoms with Gasteiger partial charge in [0.05, 0.1) is 9.92 Å². The normalized spacial score (nSPS) is 14.3. The van der Waals surface area contributed by atoms with Gasteiger partial charge in [-0.15, -0.1) is 0 Å². The molecule has 0 spiro atoms. The molecule has 178 valence electrons. The maximum absolute atomic E-state index is 13.4. The van der Waals surface area contributed by atoms with Crippen molar-refractivity contribution in [2.75, 3.05) is 16.8 Å². The molecule has 3 rings (SSSR count). The first kappa shape index (κ1) is 25.1. The molecule has 2 amide bonds. The zero-order valence-corrected chi connectivity index (χ0v) is 20.3. The van der Waals surface area contributed by atoms with E-state index in [1.54, 1.807) is 24.0 Å². The Morgan fingerprint density at radius 3 is 2.55 bits per heavy atom. The topological polar surface area (TPSA) is 95.6 Å². The van der Waals surface area contributed by atoms with E-state index in [1.165, 1.54) is 18.2 Å². The molecule has 10 heteroatoms. The molecule has 1 heterocycles. The number of hydrogen-bond donors (Lipinski definition) is 2. The largest absolute Gasteiger partial charge is 0.325 e. The van der Waals surface area contributed by atoms with Crippen LogP contribution in [0.25, 0.3) is 0 Å². The third kappa shape index (κ3) is 5.90. The number of halogens is 2. The fraction of sp³-hybridized carbons (Fsp3) is 0.391. The van der Waals surface area contributed by atoms with Crippen LogP contribution in [0.1, 0.15) is 39.2 Å². The molecule has 0 aromatic heterocycles. The molecule has 0 aliphatic carbocycles. The standard InChI is InChI=1S/C23H27ClFN3O4S/c1-4-22(29)28-10-9-15-12-17(6-8-21(15)28)33(31,32)27-20(11-14(2)3)23(30)26-16-5-7-19(25)18(24)13-16/h5-8,12-14,20,27H,4,9-11H2,1-3H3,(H,26,30)/t20-/m0/s1. The second-order valence-electron chi connectivity index (χ2n) is 8.36. The Bertz CT molecular complexity index is 1170. The summed E-state index contributed by atoms with van der Waals surface area (Å²) >= 11 is 5.77. The average Bonchev–Trinajstić information content (AvgIpc) is 3.18. The first-order valence-electron chi connectivity index (χ1n) is 10.7. The van der Waals surface area contributed by atoms with Crippen molar-refractivity contribution in [2.45, 2.75) is 51.0 Å². The number of rotatable bonds is 8. The Morgan fingerprint density at radius 2 is 1.91 bits per heavy atom. The van der Waals surface area contributed by atoms with Crippen molar-refractivity contribution in [3.63, 3.8) is 0 Å². The minimum Gasteiger partial charge on any atom is -0.325 e. The summed E-state index contributed by atoms with van der Waals surface area (Å²) in [5.41, 5.74) is 1.74. The highest BCUT2D eigenvalue weighted by Crippen LogP contribution is 2.31. The molecular formula is C23H27ClFN3O4S. The van der Waals surface area contributed by atoms with Crippen LogP contribution in [0.4, 0.5) is 15.8 Å². The van der Waals surface area contributed by atoms with E-state index in [1.807, 2.05) is 13.8 Å². The summed E-state index contributed by atoms with van der Waals surface area (Å²) in [6.45, 7) is 6.04. The van der Waals surface area contributed by atoms with Gasteiger partial charge in [-0.05, 0) is 60.7 Å². The van der Waals surface area contributed by atoms with Crippen molar-refractivity contribution in [3.05, 3.63) is 52.8 Å². The Kier molecular flexibility index (Phi) is 7.76. The molecule has 1 aliphatic rings. The summed E-state index contributed by atoms with van der Waals surface area (Å²) < 4.78 is 42.1. The van der Waals surface area contributed by atoms with Crippen LogP contribution < -0.4 is 14.9 Å². The van der Waals surface area contributed by atoms with Gasteiger partial charge in [0, 0.05) is 24.3 Å². The second-order valence-corrected chi connectivity index (χ2v) is 10.5. The van der Waals surface area contributed by atoms with Crippen molar-refractivity contribution in [2.24, 2.45) is 5.92 Å². The Labute approximate surface area is 198 Å². The molecule has 33 heavy (non-hydrogen) atoms. The fourth-order valence-electron chi connectivity index (χ4n) is 3.73. The average molecular weight is 496 g/mol. The number of amides is 2. The molecule has 2 aromatic rings. The van der Waals surface area contributed by atoms with Crippen LogP contribution in [0.5, 0.6) is 0 Å². The number of hydrogen-bond acceptors (Lipinski definition) is 4. The molecule has 2 N–H and O–H groups in total. The van der Waals surface area contributed by atoms with Crippen LogP contribution in [-0.4, -0.2) is 32.8 Å². The van der Waals surface area contributed by atoms with Gasteiger partial charge in [0.15, 0.2) is 0 Å². The number of nitrogens with zero attached hydrogens (tertiary/aromatic N) is 1. The first-order valence-corrected chi connectivity index (χ1v) is 12.6.